The van der Waals surface area contributed by atoms with Gasteiger partial charge in [0, 0.05) is 35.3 Å². The number of benzene rings is 1. The first kappa shape index (κ1) is 23.1. The molecule has 0 unspecified atom stereocenters. The molecule has 0 saturated heterocycles. The average molecular weight is 466 g/mol. The lowest BCUT2D eigenvalue weighted by Crippen LogP contribution is -2.31. The van der Waals surface area contributed by atoms with Gasteiger partial charge in [-0.25, -0.2) is 9.97 Å². The van der Waals surface area contributed by atoms with E-state index in [1.54, 1.807) is 6.20 Å². The minimum atomic E-state index is -0.229. The molecule has 4 N–H and O–H groups in total. The molecule has 3 aromatic rings. The van der Waals surface area contributed by atoms with Gasteiger partial charge in [-0.3, -0.25) is 4.79 Å². The number of fused-ring (bicyclic) bond motifs is 1. The fraction of sp³-hybridized carbons (Fsp3) is 0.417. The zero-order valence-corrected chi connectivity index (χ0v) is 20.6. The number of carbonyl (C=O) groups is 1. The highest BCUT2D eigenvalue weighted by molar-refractivity contribution is 7.13. The molecule has 8 nitrogen and oxygen atoms in total. The van der Waals surface area contributed by atoms with Crippen molar-refractivity contribution in [2.45, 2.75) is 59.0 Å². The van der Waals surface area contributed by atoms with E-state index in [-0.39, 0.29) is 17.4 Å². The molecule has 0 spiro atoms. The highest BCUT2D eigenvalue weighted by atomic mass is 32.1. The van der Waals surface area contributed by atoms with Crippen LogP contribution >= 0.6 is 11.3 Å². The second kappa shape index (κ2) is 9.44. The molecule has 33 heavy (non-hydrogen) atoms. The summed E-state index contributed by atoms with van der Waals surface area (Å²) in [5.74, 6) is 0.607. The second-order valence-corrected chi connectivity index (χ2v) is 10.4. The molecular formula is C24H31N7OS. The number of nitrogens with zero attached hydrogens (tertiary/aromatic N) is 3. The lowest BCUT2D eigenvalue weighted by Gasteiger charge is -2.18. The van der Waals surface area contributed by atoms with Gasteiger partial charge in [-0.1, -0.05) is 26.8 Å². The van der Waals surface area contributed by atoms with Crippen LogP contribution in [-0.4, -0.2) is 33.4 Å². The number of amides is 1. The third kappa shape index (κ3) is 5.66. The van der Waals surface area contributed by atoms with E-state index < -0.39 is 0 Å². The standard InChI is InChI=1S/C24H31N7OS/c1-14(2)27-21(32)18-12-26-22(28-17-7-6-16-11-25-9-8-15(16)10-17)30-20(18)31-23-29-19(13-33-23)24(3,4)5/h6-7,10,12-14,25H,8-9,11H2,1-5H3,(H,27,32)(H2,26,28,29,30,31). The lowest BCUT2D eigenvalue weighted by molar-refractivity contribution is 0.0943. The molecule has 0 aliphatic carbocycles. The van der Waals surface area contributed by atoms with Crippen molar-refractivity contribution < 1.29 is 4.79 Å². The first-order valence-corrected chi connectivity index (χ1v) is 12.1. The van der Waals surface area contributed by atoms with E-state index in [1.807, 2.05) is 25.3 Å². The molecule has 174 valence electrons. The Bertz CT molecular complexity index is 1150. The fourth-order valence-corrected chi connectivity index (χ4v) is 4.44. The Morgan fingerprint density at radius 1 is 1.15 bits per heavy atom. The molecule has 4 rings (SSSR count). The number of hydrogen-bond donors (Lipinski definition) is 4. The van der Waals surface area contributed by atoms with Gasteiger partial charge < -0.3 is 21.3 Å². The average Bonchev–Trinajstić information content (AvgIpc) is 3.22. The molecule has 0 atom stereocenters. The van der Waals surface area contributed by atoms with Crippen LogP contribution in [0.1, 0.15) is 61.8 Å². The highest BCUT2D eigenvalue weighted by Crippen LogP contribution is 2.29. The van der Waals surface area contributed by atoms with Crippen molar-refractivity contribution in [3.8, 4) is 0 Å². The summed E-state index contributed by atoms with van der Waals surface area (Å²) in [6, 6.07) is 6.29. The van der Waals surface area contributed by atoms with Gasteiger partial charge in [-0.15, -0.1) is 11.3 Å². The molecule has 9 heteroatoms. The van der Waals surface area contributed by atoms with Crippen molar-refractivity contribution >= 4 is 39.8 Å². The fourth-order valence-electron chi connectivity index (χ4n) is 3.50. The van der Waals surface area contributed by atoms with Gasteiger partial charge in [0.05, 0.1) is 5.69 Å². The molecule has 0 bridgehead atoms. The molecule has 1 aliphatic heterocycles. The Balaban J connectivity index is 1.62. The molecule has 1 amide bonds. The summed E-state index contributed by atoms with van der Waals surface area (Å²) in [7, 11) is 0. The van der Waals surface area contributed by atoms with Crippen LogP contribution in [0.3, 0.4) is 0 Å². The Hall–Kier alpha value is -3.04. The van der Waals surface area contributed by atoms with Crippen molar-refractivity contribution in [3.05, 3.63) is 52.2 Å². The Morgan fingerprint density at radius 2 is 1.97 bits per heavy atom. The maximum Gasteiger partial charge on any atom is 0.256 e. The lowest BCUT2D eigenvalue weighted by atomic mass is 9.93. The van der Waals surface area contributed by atoms with E-state index in [0.29, 0.717) is 22.5 Å². The van der Waals surface area contributed by atoms with E-state index >= 15 is 0 Å². The van der Waals surface area contributed by atoms with Crippen LogP contribution in [-0.2, 0) is 18.4 Å². The van der Waals surface area contributed by atoms with Crippen LogP contribution in [0.25, 0.3) is 0 Å². The maximum absolute atomic E-state index is 12.8. The van der Waals surface area contributed by atoms with Crippen LogP contribution in [0.4, 0.5) is 22.6 Å². The summed E-state index contributed by atoms with van der Waals surface area (Å²) in [6.45, 7) is 12.1. The van der Waals surface area contributed by atoms with E-state index in [2.05, 4.69) is 69.1 Å². The smallest absolute Gasteiger partial charge is 0.256 e. The van der Waals surface area contributed by atoms with Gasteiger partial charge in [0.1, 0.15) is 5.56 Å². The molecular weight excluding hydrogens is 434 g/mol. The van der Waals surface area contributed by atoms with Crippen molar-refractivity contribution in [1.29, 1.82) is 0 Å². The summed E-state index contributed by atoms with van der Waals surface area (Å²) in [6.07, 6.45) is 2.54. The highest BCUT2D eigenvalue weighted by Gasteiger charge is 2.20. The summed E-state index contributed by atoms with van der Waals surface area (Å²) in [5, 5.41) is 15.5. The first-order valence-electron chi connectivity index (χ1n) is 11.2. The molecule has 0 saturated carbocycles. The Kier molecular flexibility index (Phi) is 6.62. The normalized spacial score (nSPS) is 13.5. The molecule has 3 heterocycles. The van der Waals surface area contributed by atoms with Crippen LogP contribution in [0.15, 0.2) is 29.8 Å². The molecule has 0 fully saturated rings. The van der Waals surface area contributed by atoms with Gasteiger partial charge in [0.25, 0.3) is 5.91 Å². The third-order valence-corrected chi connectivity index (χ3v) is 6.06. The summed E-state index contributed by atoms with van der Waals surface area (Å²) < 4.78 is 0. The van der Waals surface area contributed by atoms with Gasteiger partial charge in [0.2, 0.25) is 5.95 Å². The minimum Gasteiger partial charge on any atom is -0.350 e. The molecule has 1 aromatic carbocycles. The summed E-state index contributed by atoms with van der Waals surface area (Å²) in [5.41, 5.74) is 4.86. The van der Waals surface area contributed by atoms with Crippen molar-refractivity contribution in [1.82, 2.24) is 25.6 Å². The summed E-state index contributed by atoms with van der Waals surface area (Å²) >= 11 is 1.49. The van der Waals surface area contributed by atoms with Crippen LogP contribution in [0.5, 0.6) is 0 Å². The monoisotopic (exact) mass is 465 g/mol. The zero-order valence-electron chi connectivity index (χ0n) is 19.7. The predicted octanol–water partition coefficient (Wildman–Crippen LogP) is 4.50. The molecule has 2 aromatic heterocycles. The van der Waals surface area contributed by atoms with Gasteiger partial charge in [-0.05, 0) is 50.1 Å². The molecule has 1 aliphatic rings. The van der Waals surface area contributed by atoms with Gasteiger partial charge >= 0.3 is 0 Å². The Labute approximate surface area is 198 Å². The SMILES string of the molecule is CC(C)NC(=O)c1cnc(Nc2ccc3c(c2)CCNC3)nc1Nc1nc(C(C)(C)C)cs1. The number of hydrogen-bond acceptors (Lipinski definition) is 8. The number of aromatic nitrogens is 3. The van der Waals surface area contributed by atoms with Crippen molar-refractivity contribution in [3.63, 3.8) is 0 Å². The maximum atomic E-state index is 12.8. The number of thiazole rings is 1. The minimum absolute atomic E-state index is 0.000456. The van der Waals surface area contributed by atoms with Crippen LogP contribution in [0, 0.1) is 0 Å². The van der Waals surface area contributed by atoms with E-state index in [9.17, 15) is 4.79 Å². The largest absolute Gasteiger partial charge is 0.350 e. The van der Waals surface area contributed by atoms with E-state index in [4.69, 9.17) is 0 Å². The molecule has 0 radical (unpaired) electrons. The number of carbonyl (C=O) groups excluding carboxylic acids is 1. The van der Waals surface area contributed by atoms with E-state index in [0.717, 1.165) is 30.9 Å². The number of rotatable bonds is 6. The second-order valence-electron chi connectivity index (χ2n) is 9.53. The van der Waals surface area contributed by atoms with Crippen molar-refractivity contribution in [2.24, 2.45) is 0 Å². The predicted molar refractivity (Wildman–Crippen MR) is 134 cm³/mol. The summed E-state index contributed by atoms with van der Waals surface area (Å²) in [4.78, 5) is 26.5. The quantitative estimate of drug-likeness (QED) is 0.425. The topological polar surface area (TPSA) is 104 Å². The first-order chi connectivity index (χ1) is 15.7. The zero-order chi connectivity index (χ0) is 23.6. The van der Waals surface area contributed by atoms with Crippen LogP contribution in [0.2, 0.25) is 0 Å². The van der Waals surface area contributed by atoms with Gasteiger partial charge in [-0.2, -0.15) is 4.98 Å². The Morgan fingerprint density at radius 3 is 2.70 bits per heavy atom. The number of anilines is 4. The van der Waals surface area contributed by atoms with Crippen molar-refractivity contribution in [2.75, 3.05) is 17.2 Å². The van der Waals surface area contributed by atoms with E-state index in [1.165, 1.54) is 22.5 Å². The number of nitrogens with one attached hydrogen (secondary N) is 4. The van der Waals surface area contributed by atoms with Gasteiger partial charge in [0.15, 0.2) is 10.9 Å². The van der Waals surface area contributed by atoms with Crippen LogP contribution < -0.4 is 21.3 Å². The third-order valence-electron chi connectivity index (χ3n) is 5.30.